The van der Waals surface area contributed by atoms with E-state index in [1.54, 1.807) is 0 Å². The molecule has 0 unspecified atom stereocenters. The molecule has 1 aliphatic heterocycles. The van der Waals surface area contributed by atoms with E-state index in [1.807, 2.05) is 58.9 Å². The van der Waals surface area contributed by atoms with Gasteiger partial charge >= 0.3 is 0 Å². The normalized spacial score (nSPS) is 12.7. The maximum absolute atomic E-state index is 12.8. The molecule has 6 heteroatoms. The predicted octanol–water partition coefficient (Wildman–Crippen LogP) is 5.41. The van der Waals surface area contributed by atoms with Crippen LogP contribution in [0.3, 0.4) is 0 Å². The van der Waals surface area contributed by atoms with Gasteiger partial charge in [0.15, 0.2) is 6.61 Å². The number of fused-ring (bicyclic) bond motifs is 2. The van der Waals surface area contributed by atoms with Crippen molar-refractivity contribution in [1.82, 2.24) is 9.78 Å². The largest absolute Gasteiger partial charge is 0.484 e. The minimum absolute atomic E-state index is 0.0572. The second-order valence-electron chi connectivity index (χ2n) is 7.79. The lowest BCUT2D eigenvalue weighted by atomic mass is 10.1. The minimum atomic E-state index is -0.196. The molecule has 5 rings (SSSR count). The van der Waals surface area contributed by atoms with Crippen molar-refractivity contribution in [3.63, 3.8) is 0 Å². The van der Waals surface area contributed by atoms with Gasteiger partial charge in [-0.05, 0) is 60.0 Å². The molecule has 0 fully saturated rings. The molecule has 4 aromatic rings. The molecule has 3 aromatic carbocycles. The molecule has 0 saturated carbocycles. The van der Waals surface area contributed by atoms with Crippen LogP contribution in [0.1, 0.15) is 22.4 Å². The summed E-state index contributed by atoms with van der Waals surface area (Å²) in [5, 5.41) is 10.1. The lowest BCUT2D eigenvalue weighted by Crippen LogP contribution is -2.22. The van der Waals surface area contributed by atoms with Crippen LogP contribution < -0.4 is 10.1 Å². The molecule has 0 aliphatic carbocycles. The molecule has 1 aromatic heterocycles. The molecule has 1 aliphatic rings. The number of benzene rings is 3. The van der Waals surface area contributed by atoms with Crippen LogP contribution in [0.5, 0.6) is 5.75 Å². The van der Waals surface area contributed by atoms with Crippen molar-refractivity contribution in [1.29, 1.82) is 0 Å². The third kappa shape index (κ3) is 3.91. The molecule has 0 spiro atoms. The Morgan fingerprint density at radius 2 is 1.87 bits per heavy atom. The van der Waals surface area contributed by atoms with Crippen molar-refractivity contribution in [2.24, 2.45) is 0 Å². The summed E-state index contributed by atoms with van der Waals surface area (Å²) in [6, 6.07) is 20.2. The second kappa shape index (κ2) is 8.12. The summed E-state index contributed by atoms with van der Waals surface area (Å²) in [6.07, 6.45) is 0. The summed E-state index contributed by atoms with van der Waals surface area (Å²) in [6.45, 7) is 4.12. The topological polar surface area (TPSA) is 56.2 Å². The molecule has 0 radical (unpaired) electrons. The highest BCUT2D eigenvalue weighted by molar-refractivity contribution is 7.98. The first-order chi connectivity index (χ1) is 15.1. The van der Waals surface area contributed by atoms with Gasteiger partial charge in [0.25, 0.3) is 5.91 Å². The van der Waals surface area contributed by atoms with Crippen LogP contribution in [0.4, 0.5) is 5.82 Å². The number of thioether (sulfide) groups is 1. The number of carbonyl (C=O) groups excluding carboxylic acids is 1. The number of aryl methyl sites for hydroxylation is 2. The van der Waals surface area contributed by atoms with E-state index in [0.29, 0.717) is 5.75 Å². The molecule has 31 heavy (non-hydrogen) atoms. The monoisotopic (exact) mass is 429 g/mol. The lowest BCUT2D eigenvalue weighted by Gasteiger charge is -2.13. The van der Waals surface area contributed by atoms with Gasteiger partial charge < -0.3 is 10.1 Å². The summed E-state index contributed by atoms with van der Waals surface area (Å²) in [5.74, 6) is 2.94. The Balaban J connectivity index is 1.36. The van der Waals surface area contributed by atoms with E-state index in [4.69, 9.17) is 9.84 Å². The summed E-state index contributed by atoms with van der Waals surface area (Å²) in [7, 11) is 0. The molecular weight excluding hydrogens is 406 g/mol. The third-order valence-electron chi connectivity index (χ3n) is 5.64. The van der Waals surface area contributed by atoms with Gasteiger partial charge in [-0.1, -0.05) is 36.4 Å². The number of hydrogen-bond donors (Lipinski definition) is 1. The number of carbonyl (C=O) groups is 1. The number of aromatic nitrogens is 2. The molecule has 1 N–H and O–H groups in total. The lowest BCUT2D eigenvalue weighted by molar-refractivity contribution is -0.118. The van der Waals surface area contributed by atoms with Gasteiger partial charge in [-0.25, -0.2) is 4.68 Å². The fraction of sp³-hybridized carbons (Fsp3) is 0.200. The summed E-state index contributed by atoms with van der Waals surface area (Å²) >= 11 is 1.81. The van der Waals surface area contributed by atoms with Crippen molar-refractivity contribution in [3.05, 3.63) is 83.0 Å². The fourth-order valence-corrected chi connectivity index (χ4v) is 4.79. The predicted molar refractivity (Wildman–Crippen MR) is 126 cm³/mol. The number of hydrogen-bond acceptors (Lipinski definition) is 4. The van der Waals surface area contributed by atoms with Crippen molar-refractivity contribution < 1.29 is 9.53 Å². The van der Waals surface area contributed by atoms with Gasteiger partial charge in [0.05, 0.1) is 11.4 Å². The third-order valence-corrected chi connectivity index (χ3v) is 6.61. The molecule has 0 bridgehead atoms. The minimum Gasteiger partial charge on any atom is -0.484 e. The Bertz CT molecular complexity index is 1300. The van der Waals surface area contributed by atoms with Crippen molar-refractivity contribution in [3.8, 4) is 11.4 Å². The summed E-state index contributed by atoms with van der Waals surface area (Å²) < 4.78 is 7.63. The zero-order valence-corrected chi connectivity index (χ0v) is 18.3. The number of rotatable bonds is 5. The Kier molecular flexibility index (Phi) is 5.16. The van der Waals surface area contributed by atoms with Crippen LogP contribution >= 0.6 is 11.8 Å². The van der Waals surface area contributed by atoms with Gasteiger partial charge in [0, 0.05) is 17.1 Å². The van der Waals surface area contributed by atoms with Gasteiger partial charge in [0.1, 0.15) is 11.6 Å². The Morgan fingerprint density at radius 1 is 1.03 bits per heavy atom. The summed E-state index contributed by atoms with van der Waals surface area (Å²) in [5.41, 5.74) is 5.51. The number of amides is 1. The summed E-state index contributed by atoms with van der Waals surface area (Å²) in [4.78, 5) is 12.8. The van der Waals surface area contributed by atoms with Crippen LogP contribution in [0, 0.1) is 13.8 Å². The molecule has 5 nitrogen and oxygen atoms in total. The molecule has 1 amide bonds. The smallest absolute Gasteiger partial charge is 0.263 e. The van der Waals surface area contributed by atoms with Crippen LogP contribution in [0.25, 0.3) is 16.5 Å². The first kappa shape index (κ1) is 19.7. The maximum Gasteiger partial charge on any atom is 0.263 e. The Labute approximate surface area is 185 Å². The molecule has 156 valence electrons. The molecule has 2 heterocycles. The molecule has 0 atom stereocenters. The van der Waals surface area contributed by atoms with Gasteiger partial charge in [0.2, 0.25) is 0 Å². The van der Waals surface area contributed by atoms with Crippen LogP contribution in [0.2, 0.25) is 0 Å². The van der Waals surface area contributed by atoms with E-state index in [1.165, 1.54) is 11.1 Å². The standard InChI is InChI=1S/C25H23N3O2S/c1-16-7-9-20(11-17(16)2)28-25(22-14-31-15-23(22)27-28)26-24(29)13-30-21-10-8-18-5-3-4-6-19(18)12-21/h3-12H,13-15H2,1-2H3,(H,26,29). The Morgan fingerprint density at radius 3 is 2.71 bits per heavy atom. The average molecular weight is 430 g/mol. The quantitative estimate of drug-likeness (QED) is 0.461. The Hall–Kier alpha value is -3.25. The van der Waals surface area contributed by atoms with Crippen molar-refractivity contribution in [2.75, 3.05) is 11.9 Å². The van der Waals surface area contributed by atoms with Crippen molar-refractivity contribution >= 4 is 34.3 Å². The highest BCUT2D eigenvalue weighted by Gasteiger charge is 2.25. The number of nitrogens with one attached hydrogen (secondary N) is 1. The van der Waals surface area contributed by atoms with E-state index in [-0.39, 0.29) is 12.5 Å². The van der Waals surface area contributed by atoms with E-state index in [0.717, 1.165) is 45.0 Å². The zero-order valence-electron chi connectivity index (χ0n) is 17.5. The van der Waals surface area contributed by atoms with Crippen LogP contribution in [0.15, 0.2) is 60.7 Å². The number of anilines is 1. The second-order valence-corrected chi connectivity index (χ2v) is 8.78. The van der Waals surface area contributed by atoms with Gasteiger partial charge in [-0.2, -0.15) is 16.9 Å². The van der Waals surface area contributed by atoms with E-state index in [9.17, 15) is 4.79 Å². The zero-order chi connectivity index (χ0) is 21.4. The van der Waals surface area contributed by atoms with Crippen LogP contribution in [-0.4, -0.2) is 22.3 Å². The van der Waals surface area contributed by atoms with E-state index in [2.05, 4.69) is 37.4 Å². The van der Waals surface area contributed by atoms with E-state index >= 15 is 0 Å². The maximum atomic E-state index is 12.8. The number of ether oxygens (including phenoxy) is 1. The SMILES string of the molecule is Cc1ccc(-n2nc3c(c2NC(=O)COc2ccc4ccccc4c2)CSC3)cc1C. The van der Waals surface area contributed by atoms with E-state index < -0.39 is 0 Å². The van der Waals surface area contributed by atoms with Crippen molar-refractivity contribution in [2.45, 2.75) is 25.4 Å². The first-order valence-electron chi connectivity index (χ1n) is 10.3. The molecule has 0 saturated heterocycles. The first-order valence-corrected chi connectivity index (χ1v) is 11.4. The molecular formula is C25H23N3O2S. The number of nitrogens with zero attached hydrogens (tertiary/aromatic N) is 2. The highest BCUT2D eigenvalue weighted by atomic mass is 32.2. The van der Waals surface area contributed by atoms with Crippen LogP contribution in [-0.2, 0) is 16.3 Å². The van der Waals surface area contributed by atoms with Gasteiger partial charge in [-0.3, -0.25) is 4.79 Å². The highest BCUT2D eigenvalue weighted by Crippen LogP contribution is 2.36. The average Bonchev–Trinajstić information content (AvgIpc) is 3.37. The van der Waals surface area contributed by atoms with Gasteiger partial charge in [-0.15, -0.1) is 0 Å². The fourth-order valence-electron chi connectivity index (χ4n) is 3.76.